The molecule has 0 aliphatic carbocycles. The number of hydrogen-bond acceptors (Lipinski definition) is 4. The molecule has 0 bridgehead atoms. The van der Waals surface area contributed by atoms with Gasteiger partial charge in [0.05, 0.1) is 23.8 Å². The Hall–Kier alpha value is -0.620. The van der Waals surface area contributed by atoms with Gasteiger partial charge in [-0.15, -0.1) is 0 Å². The van der Waals surface area contributed by atoms with E-state index in [1.807, 2.05) is 18.2 Å². The van der Waals surface area contributed by atoms with E-state index >= 15 is 0 Å². The fourth-order valence-electron chi connectivity index (χ4n) is 1.58. The van der Waals surface area contributed by atoms with Gasteiger partial charge in [-0.2, -0.15) is 0 Å². The lowest BCUT2D eigenvalue weighted by Gasteiger charge is -2.14. The lowest BCUT2D eigenvalue weighted by atomic mass is 10.2. The highest BCUT2D eigenvalue weighted by atomic mass is 79.9. The summed E-state index contributed by atoms with van der Waals surface area (Å²) in [5.41, 5.74) is 1.09. The van der Waals surface area contributed by atoms with Gasteiger partial charge in [-0.3, -0.25) is 0 Å². The third kappa shape index (κ3) is 6.38. The summed E-state index contributed by atoms with van der Waals surface area (Å²) < 4.78 is 11.7. The van der Waals surface area contributed by atoms with Crippen molar-refractivity contribution in [1.82, 2.24) is 5.32 Å². The second-order valence-corrected chi connectivity index (χ2v) is 5.24. The van der Waals surface area contributed by atoms with Gasteiger partial charge in [-0.25, -0.2) is 0 Å². The quantitative estimate of drug-likeness (QED) is 0.682. The summed E-state index contributed by atoms with van der Waals surface area (Å²) in [7, 11) is 1.69. The van der Waals surface area contributed by atoms with E-state index in [4.69, 9.17) is 9.47 Å². The molecule has 0 spiro atoms. The standard InChI is InChI=1S/C14H22BrNO3/c1-11(17)6-8-19-14-12(4-3-5-13(14)15)10-16-7-9-18-2/h3-5,11,16-17H,6-10H2,1-2H3. The maximum absolute atomic E-state index is 9.25. The number of para-hydroxylation sites is 1. The van der Waals surface area contributed by atoms with Crippen molar-refractivity contribution in [2.24, 2.45) is 0 Å². The Morgan fingerprint density at radius 3 is 2.84 bits per heavy atom. The first-order valence-corrected chi connectivity index (χ1v) is 7.22. The summed E-state index contributed by atoms with van der Waals surface area (Å²) in [6.45, 7) is 4.48. The van der Waals surface area contributed by atoms with Crippen LogP contribution in [0.15, 0.2) is 22.7 Å². The van der Waals surface area contributed by atoms with E-state index < -0.39 is 0 Å². The van der Waals surface area contributed by atoms with Crippen LogP contribution in [0.5, 0.6) is 5.75 Å². The average molecular weight is 332 g/mol. The molecule has 1 unspecified atom stereocenters. The molecule has 0 heterocycles. The average Bonchev–Trinajstić information content (AvgIpc) is 2.37. The van der Waals surface area contributed by atoms with Gasteiger partial charge < -0.3 is 19.9 Å². The van der Waals surface area contributed by atoms with Crippen LogP contribution in [0.3, 0.4) is 0 Å². The number of hydrogen-bond donors (Lipinski definition) is 2. The van der Waals surface area contributed by atoms with Crippen molar-refractivity contribution in [2.75, 3.05) is 26.9 Å². The minimum Gasteiger partial charge on any atom is -0.492 e. The van der Waals surface area contributed by atoms with Gasteiger partial charge in [0.2, 0.25) is 0 Å². The molecule has 0 radical (unpaired) electrons. The minimum absolute atomic E-state index is 0.342. The summed E-state index contributed by atoms with van der Waals surface area (Å²) in [5.74, 6) is 0.841. The SMILES string of the molecule is COCCNCc1cccc(Br)c1OCCC(C)O. The van der Waals surface area contributed by atoms with Crippen molar-refractivity contribution >= 4 is 15.9 Å². The number of aliphatic hydroxyl groups excluding tert-OH is 1. The summed E-state index contributed by atoms with van der Waals surface area (Å²) in [6, 6.07) is 5.97. The first-order chi connectivity index (χ1) is 9.15. The van der Waals surface area contributed by atoms with E-state index in [2.05, 4.69) is 21.2 Å². The molecule has 5 heteroatoms. The molecule has 19 heavy (non-hydrogen) atoms. The molecular weight excluding hydrogens is 310 g/mol. The highest BCUT2D eigenvalue weighted by Gasteiger charge is 2.08. The smallest absolute Gasteiger partial charge is 0.137 e. The second kappa shape index (κ2) is 9.31. The van der Waals surface area contributed by atoms with Crippen LogP contribution in [0.2, 0.25) is 0 Å². The molecule has 1 aromatic carbocycles. The Morgan fingerprint density at radius 2 is 2.16 bits per heavy atom. The lowest BCUT2D eigenvalue weighted by molar-refractivity contribution is 0.155. The molecule has 0 aliphatic heterocycles. The summed E-state index contributed by atoms with van der Waals surface area (Å²) >= 11 is 3.50. The van der Waals surface area contributed by atoms with Gasteiger partial charge in [0.25, 0.3) is 0 Å². The van der Waals surface area contributed by atoms with Crippen LogP contribution >= 0.6 is 15.9 Å². The lowest BCUT2D eigenvalue weighted by Crippen LogP contribution is -2.19. The van der Waals surface area contributed by atoms with Crippen molar-refractivity contribution in [3.63, 3.8) is 0 Å². The van der Waals surface area contributed by atoms with Gasteiger partial charge in [-0.1, -0.05) is 12.1 Å². The van der Waals surface area contributed by atoms with Crippen LogP contribution in [-0.2, 0) is 11.3 Å². The van der Waals surface area contributed by atoms with Crippen molar-refractivity contribution in [3.8, 4) is 5.75 Å². The number of ether oxygens (including phenoxy) is 2. The van der Waals surface area contributed by atoms with Crippen molar-refractivity contribution in [1.29, 1.82) is 0 Å². The van der Waals surface area contributed by atoms with E-state index in [9.17, 15) is 5.11 Å². The molecule has 2 N–H and O–H groups in total. The van der Waals surface area contributed by atoms with E-state index in [0.717, 1.165) is 28.9 Å². The van der Waals surface area contributed by atoms with Crippen LogP contribution in [0, 0.1) is 0 Å². The Morgan fingerprint density at radius 1 is 1.37 bits per heavy atom. The maximum atomic E-state index is 9.25. The Labute approximate surface area is 123 Å². The monoisotopic (exact) mass is 331 g/mol. The van der Waals surface area contributed by atoms with Crippen LogP contribution < -0.4 is 10.1 Å². The van der Waals surface area contributed by atoms with Crippen molar-refractivity contribution in [2.45, 2.75) is 26.0 Å². The Kier molecular flexibility index (Phi) is 8.05. The molecule has 1 rings (SSSR count). The molecule has 0 aliphatic rings. The van der Waals surface area contributed by atoms with E-state index in [-0.39, 0.29) is 6.10 Å². The first kappa shape index (κ1) is 16.4. The molecule has 0 saturated carbocycles. The molecule has 0 amide bonds. The third-order valence-electron chi connectivity index (χ3n) is 2.63. The number of nitrogens with one attached hydrogen (secondary N) is 1. The third-order valence-corrected chi connectivity index (χ3v) is 3.25. The van der Waals surface area contributed by atoms with Crippen molar-refractivity contribution < 1.29 is 14.6 Å². The zero-order chi connectivity index (χ0) is 14.1. The number of rotatable bonds is 9. The summed E-state index contributed by atoms with van der Waals surface area (Å²) in [4.78, 5) is 0. The van der Waals surface area contributed by atoms with E-state index in [1.54, 1.807) is 14.0 Å². The predicted octanol–water partition coefficient (Wildman–Crippen LogP) is 2.33. The largest absolute Gasteiger partial charge is 0.492 e. The Bertz CT molecular complexity index is 372. The number of halogens is 1. The van der Waals surface area contributed by atoms with Crippen LogP contribution in [0.1, 0.15) is 18.9 Å². The van der Waals surface area contributed by atoms with Gasteiger partial charge in [0, 0.05) is 32.2 Å². The number of methoxy groups -OCH3 is 1. The molecule has 0 aromatic heterocycles. The van der Waals surface area contributed by atoms with Crippen LogP contribution in [-0.4, -0.2) is 38.1 Å². The van der Waals surface area contributed by atoms with Crippen molar-refractivity contribution in [3.05, 3.63) is 28.2 Å². The predicted molar refractivity (Wildman–Crippen MR) is 79.5 cm³/mol. The van der Waals surface area contributed by atoms with E-state index in [0.29, 0.717) is 19.6 Å². The first-order valence-electron chi connectivity index (χ1n) is 6.43. The highest BCUT2D eigenvalue weighted by Crippen LogP contribution is 2.29. The second-order valence-electron chi connectivity index (χ2n) is 4.38. The minimum atomic E-state index is -0.342. The topological polar surface area (TPSA) is 50.7 Å². The molecular formula is C14H22BrNO3. The molecule has 1 aromatic rings. The van der Waals surface area contributed by atoms with Gasteiger partial charge in [0.15, 0.2) is 0 Å². The zero-order valence-corrected chi connectivity index (χ0v) is 13.1. The van der Waals surface area contributed by atoms with Gasteiger partial charge >= 0.3 is 0 Å². The highest BCUT2D eigenvalue weighted by molar-refractivity contribution is 9.10. The fourth-order valence-corrected chi connectivity index (χ4v) is 2.10. The van der Waals surface area contributed by atoms with Gasteiger partial charge in [-0.05, 0) is 28.9 Å². The fraction of sp³-hybridized carbons (Fsp3) is 0.571. The number of aliphatic hydroxyl groups is 1. The maximum Gasteiger partial charge on any atom is 0.137 e. The van der Waals surface area contributed by atoms with Crippen LogP contribution in [0.4, 0.5) is 0 Å². The summed E-state index contributed by atoms with van der Waals surface area (Å²) in [6.07, 6.45) is 0.281. The molecule has 0 fully saturated rings. The van der Waals surface area contributed by atoms with Gasteiger partial charge in [0.1, 0.15) is 5.75 Å². The summed E-state index contributed by atoms with van der Waals surface area (Å²) in [5, 5.41) is 12.5. The normalized spacial score (nSPS) is 12.4. The molecule has 1 atom stereocenters. The Balaban J connectivity index is 2.56. The zero-order valence-electron chi connectivity index (χ0n) is 11.5. The van der Waals surface area contributed by atoms with E-state index in [1.165, 1.54) is 0 Å². The van der Waals surface area contributed by atoms with Crippen LogP contribution in [0.25, 0.3) is 0 Å². The molecule has 108 valence electrons. The molecule has 0 saturated heterocycles. The number of benzene rings is 1. The molecule has 4 nitrogen and oxygen atoms in total.